The predicted octanol–water partition coefficient (Wildman–Crippen LogP) is 4.91. The molecule has 0 aliphatic carbocycles. The van der Waals surface area contributed by atoms with Crippen molar-refractivity contribution in [2.45, 2.75) is 13.3 Å². The third kappa shape index (κ3) is 4.66. The summed E-state index contributed by atoms with van der Waals surface area (Å²) in [5, 5.41) is 2.87. The average molecular weight is 461 g/mol. The minimum Gasteiger partial charge on any atom is -0.497 e. The summed E-state index contributed by atoms with van der Waals surface area (Å²) in [6, 6.07) is 18.9. The number of rotatable bonds is 5. The number of anilines is 1. The van der Waals surface area contributed by atoms with Gasteiger partial charge in [-0.3, -0.25) is 14.9 Å². The van der Waals surface area contributed by atoms with Gasteiger partial charge in [-0.25, -0.2) is 9.69 Å². The minimum atomic E-state index is -0.781. The Balaban J connectivity index is 1.76. The smallest absolute Gasteiger partial charge is 0.335 e. The number of imide groups is 2. The standard InChI is InChI=1S/C26H21ClN2O4/c1-16-7-10-20(11-8-16)29-25(31)22(24(30)28-26(29)32)15-17-9-12-21(33-2)14-19(17)13-18-5-3-4-6-23(18)27/h3-12,14-15H,13H2,1-2H3,(H,28,30,32)/b22-15+. The summed E-state index contributed by atoms with van der Waals surface area (Å²) in [5.74, 6) is -0.796. The lowest BCUT2D eigenvalue weighted by Gasteiger charge is -2.26. The minimum absolute atomic E-state index is 0.138. The van der Waals surface area contributed by atoms with E-state index >= 15 is 0 Å². The molecule has 7 heteroatoms. The summed E-state index contributed by atoms with van der Waals surface area (Å²) in [6.07, 6.45) is 1.96. The maximum absolute atomic E-state index is 13.2. The number of ether oxygens (including phenoxy) is 1. The van der Waals surface area contributed by atoms with Gasteiger partial charge in [-0.05, 0) is 66.4 Å². The van der Waals surface area contributed by atoms with Gasteiger partial charge in [-0.2, -0.15) is 0 Å². The molecule has 0 saturated carbocycles. The second-order valence-corrected chi connectivity index (χ2v) is 8.03. The fraction of sp³-hybridized carbons (Fsp3) is 0.115. The molecule has 1 aliphatic rings. The number of carbonyl (C=O) groups excluding carboxylic acids is 3. The molecule has 3 aromatic carbocycles. The third-order valence-corrected chi connectivity index (χ3v) is 5.75. The van der Waals surface area contributed by atoms with Crippen LogP contribution in [0.4, 0.5) is 10.5 Å². The number of nitrogens with one attached hydrogen (secondary N) is 1. The van der Waals surface area contributed by atoms with E-state index in [9.17, 15) is 14.4 Å². The van der Waals surface area contributed by atoms with Crippen molar-refractivity contribution in [1.82, 2.24) is 5.32 Å². The van der Waals surface area contributed by atoms with Gasteiger partial charge in [-0.15, -0.1) is 0 Å². The first-order valence-corrected chi connectivity index (χ1v) is 10.6. The zero-order chi connectivity index (χ0) is 23.5. The van der Waals surface area contributed by atoms with E-state index in [1.54, 1.807) is 49.6 Å². The highest BCUT2D eigenvalue weighted by Gasteiger charge is 2.36. The number of urea groups is 1. The van der Waals surface area contributed by atoms with E-state index in [0.717, 1.165) is 21.6 Å². The Hall–Kier alpha value is -3.90. The molecule has 1 aliphatic heterocycles. The van der Waals surface area contributed by atoms with Gasteiger partial charge in [0.25, 0.3) is 11.8 Å². The summed E-state index contributed by atoms with van der Waals surface area (Å²) in [7, 11) is 1.57. The Kier molecular flexibility index (Phi) is 6.29. The molecule has 0 bridgehead atoms. The van der Waals surface area contributed by atoms with Crippen LogP contribution < -0.4 is 15.0 Å². The Morgan fingerprint density at radius 3 is 2.39 bits per heavy atom. The quantitative estimate of drug-likeness (QED) is 0.433. The molecular weight excluding hydrogens is 440 g/mol. The molecule has 1 N–H and O–H groups in total. The summed E-state index contributed by atoms with van der Waals surface area (Å²) >= 11 is 6.34. The van der Waals surface area contributed by atoms with Crippen LogP contribution in [-0.4, -0.2) is 25.0 Å². The first kappa shape index (κ1) is 22.3. The van der Waals surface area contributed by atoms with E-state index in [-0.39, 0.29) is 5.57 Å². The maximum atomic E-state index is 13.2. The molecule has 0 radical (unpaired) electrons. The van der Waals surface area contributed by atoms with Crippen LogP contribution in [0.2, 0.25) is 5.02 Å². The summed E-state index contributed by atoms with van der Waals surface area (Å²) in [6.45, 7) is 1.90. The predicted molar refractivity (Wildman–Crippen MR) is 127 cm³/mol. The second kappa shape index (κ2) is 9.30. The number of halogens is 1. The Labute approximate surface area is 196 Å². The van der Waals surface area contributed by atoms with Crippen molar-refractivity contribution in [2.24, 2.45) is 0 Å². The monoisotopic (exact) mass is 460 g/mol. The lowest BCUT2D eigenvalue weighted by molar-refractivity contribution is -0.122. The lowest BCUT2D eigenvalue weighted by atomic mass is 9.97. The topological polar surface area (TPSA) is 75.7 Å². The number of hydrogen-bond donors (Lipinski definition) is 1. The molecule has 0 atom stereocenters. The first-order chi connectivity index (χ1) is 15.9. The van der Waals surface area contributed by atoms with Crippen molar-refractivity contribution in [3.8, 4) is 5.75 Å². The van der Waals surface area contributed by atoms with Crippen molar-refractivity contribution in [3.05, 3.63) is 99.6 Å². The van der Waals surface area contributed by atoms with Crippen LogP contribution in [0, 0.1) is 6.92 Å². The number of benzene rings is 3. The number of amides is 4. The molecule has 4 rings (SSSR count). The molecule has 1 fully saturated rings. The molecule has 4 amide bonds. The normalized spacial score (nSPS) is 15.1. The molecular formula is C26H21ClN2O4. The van der Waals surface area contributed by atoms with Gasteiger partial charge < -0.3 is 4.74 Å². The van der Waals surface area contributed by atoms with Crippen LogP contribution in [0.5, 0.6) is 5.75 Å². The fourth-order valence-corrected chi connectivity index (χ4v) is 3.79. The van der Waals surface area contributed by atoms with Crippen LogP contribution in [0.1, 0.15) is 22.3 Å². The highest BCUT2D eigenvalue weighted by molar-refractivity contribution is 6.39. The molecule has 1 heterocycles. The molecule has 6 nitrogen and oxygen atoms in total. The summed E-state index contributed by atoms with van der Waals surface area (Å²) in [5.41, 5.74) is 3.58. The van der Waals surface area contributed by atoms with Gasteiger partial charge in [-0.1, -0.05) is 53.6 Å². The van der Waals surface area contributed by atoms with Gasteiger partial charge in [0.05, 0.1) is 12.8 Å². The van der Waals surface area contributed by atoms with E-state index in [0.29, 0.717) is 28.4 Å². The zero-order valence-electron chi connectivity index (χ0n) is 18.1. The van der Waals surface area contributed by atoms with Crippen LogP contribution in [-0.2, 0) is 16.0 Å². The Morgan fingerprint density at radius 1 is 0.970 bits per heavy atom. The Bertz CT molecular complexity index is 1280. The van der Waals surface area contributed by atoms with E-state index in [1.165, 1.54) is 6.08 Å². The first-order valence-electron chi connectivity index (χ1n) is 10.3. The lowest BCUT2D eigenvalue weighted by Crippen LogP contribution is -2.54. The molecule has 0 aromatic heterocycles. The van der Waals surface area contributed by atoms with Gasteiger partial charge in [0, 0.05) is 5.02 Å². The Morgan fingerprint density at radius 2 is 1.70 bits per heavy atom. The number of hydrogen-bond acceptors (Lipinski definition) is 4. The fourth-order valence-electron chi connectivity index (χ4n) is 3.59. The van der Waals surface area contributed by atoms with Crippen molar-refractivity contribution >= 4 is 41.2 Å². The van der Waals surface area contributed by atoms with Crippen LogP contribution in [0.15, 0.2) is 72.3 Å². The molecule has 33 heavy (non-hydrogen) atoms. The van der Waals surface area contributed by atoms with Crippen LogP contribution in [0.25, 0.3) is 6.08 Å². The molecule has 3 aromatic rings. The SMILES string of the molecule is COc1ccc(/C=C2\C(=O)NC(=O)N(c3ccc(C)cc3)C2=O)c(Cc2ccccc2Cl)c1. The van der Waals surface area contributed by atoms with Crippen LogP contribution in [0.3, 0.4) is 0 Å². The second-order valence-electron chi connectivity index (χ2n) is 7.63. The van der Waals surface area contributed by atoms with Gasteiger partial charge >= 0.3 is 6.03 Å². The van der Waals surface area contributed by atoms with Crippen molar-refractivity contribution < 1.29 is 19.1 Å². The largest absolute Gasteiger partial charge is 0.497 e. The zero-order valence-corrected chi connectivity index (χ0v) is 18.8. The highest BCUT2D eigenvalue weighted by Crippen LogP contribution is 2.28. The van der Waals surface area contributed by atoms with Gasteiger partial charge in [0.15, 0.2) is 0 Å². The van der Waals surface area contributed by atoms with Crippen molar-refractivity contribution in [3.63, 3.8) is 0 Å². The van der Waals surface area contributed by atoms with Crippen molar-refractivity contribution in [1.29, 1.82) is 0 Å². The van der Waals surface area contributed by atoms with Gasteiger partial charge in [0.1, 0.15) is 11.3 Å². The number of methoxy groups -OCH3 is 1. The number of nitrogens with zero attached hydrogens (tertiary/aromatic N) is 1. The number of barbiturate groups is 1. The molecule has 166 valence electrons. The number of carbonyl (C=O) groups is 3. The van der Waals surface area contributed by atoms with E-state index in [2.05, 4.69) is 5.32 Å². The third-order valence-electron chi connectivity index (χ3n) is 5.38. The molecule has 1 saturated heterocycles. The molecule has 0 unspecified atom stereocenters. The maximum Gasteiger partial charge on any atom is 0.335 e. The average Bonchev–Trinajstić information content (AvgIpc) is 2.80. The van der Waals surface area contributed by atoms with Gasteiger partial charge in [0.2, 0.25) is 0 Å². The van der Waals surface area contributed by atoms with Crippen molar-refractivity contribution in [2.75, 3.05) is 12.0 Å². The van der Waals surface area contributed by atoms with E-state index < -0.39 is 17.8 Å². The van der Waals surface area contributed by atoms with Crippen LogP contribution >= 0.6 is 11.6 Å². The van der Waals surface area contributed by atoms with E-state index in [1.807, 2.05) is 31.2 Å². The van der Waals surface area contributed by atoms with E-state index in [4.69, 9.17) is 16.3 Å². The molecule has 0 spiro atoms. The highest BCUT2D eigenvalue weighted by atomic mass is 35.5. The summed E-state index contributed by atoms with van der Waals surface area (Å²) in [4.78, 5) is 39.2. The number of aryl methyl sites for hydroxylation is 1. The summed E-state index contributed by atoms with van der Waals surface area (Å²) < 4.78 is 5.36.